The standard InChI is InChI=1S/C15H21BrN2O2/c1-6-13(12(3)16)14(17-4)8-7-11(2)15(19)18-9-10-20-5/h6-8H,3-4,9-10H2,1-2,5H3,(H,18,19)/b11-7+,13-6-,14-8+. The summed E-state index contributed by atoms with van der Waals surface area (Å²) in [6, 6.07) is 0. The Bertz CT molecular complexity index is 462. The molecule has 0 aromatic heterocycles. The fourth-order valence-electron chi connectivity index (χ4n) is 1.36. The number of methoxy groups -OCH3 is 1. The van der Waals surface area contributed by atoms with Gasteiger partial charge < -0.3 is 10.1 Å². The SMILES string of the molecule is C=NC(=C/C=C(\C)C(=O)NCCOC)/C(=C\C)C(=C)Br. The van der Waals surface area contributed by atoms with Crippen LogP contribution >= 0.6 is 15.9 Å². The predicted octanol–water partition coefficient (Wildman–Crippen LogP) is 3.13. The smallest absolute Gasteiger partial charge is 0.246 e. The molecule has 0 aromatic carbocycles. The molecule has 0 bridgehead atoms. The third kappa shape index (κ3) is 6.63. The van der Waals surface area contributed by atoms with Gasteiger partial charge in [0, 0.05) is 29.3 Å². The second-order valence-corrected chi connectivity index (χ2v) is 4.87. The maximum Gasteiger partial charge on any atom is 0.246 e. The number of aliphatic imine (C=N–C) groups is 1. The van der Waals surface area contributed by atoms with E-state index in [9.17, 15) is 4.79 Å². The number of ether oxygens (including phenoxy) is 1. The van der Waals surface area contributed by atoms with Gasteiger partial charge in [-0.1, -0.05) is 34.7 Å². The minimum Gasteiger partial charge on any atom is -0.383 e. The summed E-state index contributed by atoms with van der Waals surface area (Å²) >= 11 is 3.32. The van der Waals surface area contributed by atoms with Gasteiger partial charge in [-0.25, -0.2) is 0 Å². The summed E-state index contributed by atoms with van der Waals surface area (Å²) in [5, 5.41) is 2.74. The highest BCUT2D eigenvalue weighted by Gasteiger charge is 2.05. The molecular weight excluding hydrogens is 320 g/mol. The lowest BCUT2D eigenvalue weighted by Crippen LogP contribution is -2.27. The number of amides is 1. The number of rotatable bonds is 8. The van der Waals surface area contributed by atoms with E-state index in [0.717, 1.165) is 5.57 Å². The first kappa shape index (κ1) is 18.5. The number of hydrogen-bond donors (Lipinski definition) is 1. The van der Waals surface area contributed by atoms with Crippen molar-refractivity contribution in [2.75, 3.05) is 20.3 Å². The summed E-state index contributed by atoms with van der Waals surface area (Å²) < 4.78 is 5.59. The zero-order valence-electron chi connectivity index (χ0n) is 12.2. The third-order valence-electron chi connectivity index (χ3n) is 2.47. The van der Waals surface area contributed by atoms with Crippen LogP contribution in [-0.4, -0.2) is 32.9 Å². The van der Waals surface area contributed by atoms with Crippen LogP contribution in [0.3, 0.4) is 0 Å². The Kier molecular flexibility index (Phi) is 9.59. The molecule has 1 amide bonds. The van der Waals surface area contributed by atoms with E-state index in [1.165, 1.54) is 0 Å². The van der Waals surface area contributed by atoms with E-state index in [-0.39, 0.29) is 5.91 Å². The molecule has 5 heteroatoms. The summed E-state index contributed by atoms with van der Waals surface area (Å²) in [6.07, 6.45) is 5.31. The van der Waals surface area contributed by atoms with Crippen molar-refractivity contribution in [2.24, 2.45) is 4.99 Å². The van der Waals surface area contributed by atoms with Gasteiger partial charge in [-0.15, -0.1) is 0 Å². The zero-order chi connectivity index (χ0) is 15.5. The predicted molar refractivity (Wildman–Crippen MR) is 88.1 cm³/mol. The lowest BCUT2D eigenvalue weighted by Gasteiger charge is -2.06. The minimum absolute atomic E-state index is 0.138. The maximum absolute atomic E-state index is 11.7. The van der Waals surface area contributed by atoms with Gasteiger partial charge >= 0.3 is 0 Å². The van der Waals surface area contributed by atoms with Crippen molar-refractivity contribution in [3.8, 4) is 0 Å². The molecule has 20 heavy (non-hydrogen) atoms. The van der Waals surface area contributed by atoms with Crippen LogP contribution < -0.4 is 5.32 Å². The fraction of sp³-hybridized carbons (Fsp3) is 0.333. The minimum atomic E-state index is -0.138. The first-order chi connectivity index (χ1) is 9.47. The molecule has 0 fully saturated rings. The average molecular weight is 341 g/mol. The maximum atomic E-state index is 11.7. The Hall–Kier alpha value is -1.46. The Balaban J connectivity index is 4.93. The van der Waals surface area contributed by atoms with Crippen LogP contribution in [0.25, 0.3) is 0 Å². The highest BCUT2D eigenvalue weighted by molar-refractivity contribution is 9.11. The molecule has 1 N–H and O–H groups in total. The van der Waals surface area contributed by atoms with Gasteiger partial charge in [-0.2, -0.15) is 0 Å². The monoisotopic (exact) mass is 340 g/mol. The van der Waals surface area contributed by atoms with Gasteiger partial charge in [0.05, 0.1) is 12.3 Å². The van der Waals surface area contributed by atoms with Gasteiger partial charge in [-0.3, -0.25) is 9.79 Å². The quantitative estimate of drug-likeness (QED) is 0.319. The second-order valence-electron chi connectivity index (χ2n) is 3.92. The normalized spacial score (nSPS) is 13.1. The van der Waals surface area contributed by atoms with Gasteiger partial charge in [-0.05, 0) is 26.6 Å². The number of halogens is 1. The van der Waals surface area contributed by atoms with E-state index in [0.29, 0.717) is 28.9 Å². The fourth-order valence-corrected chi connectivity index (χ4v) is 1.79. The van der Waals surface area contributed by atoms with E-state index < -0.39 is 0 Å². The van der Waals surface area contributed by atoms with Crippen LogP contribution in [0.1, 0.15) is 13.8 Å². The Morgan fingerprint density at radius 1 is 1.45 bits per heavy atom. The van der Waals surface area contributed by atoms with Gasteiger partial charge in [0.2, 0.25) is 5.91 Å². The van der Waals surface area contributed by atoms with Crippen LogP contribution in [0.15, 0.2) is 51.1 Å². The summed E-state index contributed by atoms with van der Waals surface area (Å²) in [5.74, 6) is -0.138. The zero-order valence-corrected chi connectivity index (χ0v) is 13.8. The van der Waals surface area contributed by atoms with Crippen molar-refractivity contribution in [1.29, 1.82) is 0 Å². The van der Waals surface area contributed by atoms with Crippen molar-refractivity contribution in [3.05, 3.63) is 46.1 Å². The molecule has 0 aliphatic carbocycles. The third-order valence-corrected chi connectivity index (χ3v) is 2.90. The molecule has 0 spiro atoms. The Morgan fingerprint density at radius 3 is 2.55 bits per heavy atom. The molecule has 110 valence electrons. The second kappa shape index (κ2) is 10.3. The molecule has 0 aliphatic rings. The Morgan fingerprint density at radius 2 is 2.10 bits per heavy atom. The number of carbonyl (C=O) groups excluding carboxylic acids is 1. The number of nitrogens with zero attached hydrogens (tertiary/aromatic N) is 1. The van der Waals surface area contributed by atoms with E-state index in [1.54, 1.807) is 26.2 Å². The molecule has 0 rings (SSSR count). The van der Waals surface area contributed by atoms with E-state index in [4.69, 9.17) is 4.74 Å². The average Bonchev–Trinajstić information content (AvgIpc) is 2.42. The summed E-state index contributed by atoms with van der Waals surface area (Å²) in [5.41, 5.74) is 2.07. The number of carbonyl (C=O) groups is 1. The molecule has 0 aromatic rings. The van der Waals surface area contributed by atoms with Crippen LogP contribution in [-0.2, 0) is 9.53 Å². The molecular formula is C15H21BrN2O2. The van der Waals surface area contributed by atoms with Gasteiger partial charge in [0.1, 0.15) is 0 Å². The van der Waals surface area contributed by atoms with E-state index in [1.807, 2.05) is 13.0 Å². The van der Waals surface area contributed by atoms with Crippen molar-refractivity contribution < 1.29 is 9.53 Å². The number of hydrogen-bond acceptors (Lipinski definition) is 3. The Labute approximate surface area is 129 Å². The van der Waals surface area contributed by atoms with E-state index >= 15 is 0 Å². The van der Waals surface area contributed by atoms with Crippen LogP contribution in [0, 0.1) is 0 Å². The van der Waals surface area contributed by atoms with Crippen LogP contribution in [0.2, 0.25) is 0 Å². The highest BCUT2D eigenvalue weighted by Crippen LogP contribution is 2.23. The molecule has 0 radical (unpaired) electrons. The van der Waals surface area contributed by atoms with Crippen LogP contribution in [0.5, 0.6) is 0 Å². The number of nitrogens with one attached hydrogen (secondary N) is 1. The lowest BCUT2D eigenvalue weighted by molar-refractivity contribution is -0.117. The molecule has 0 unspecified atom stereocenters. The molecule has 0 saturated carbocycles. The van der Waals surface area contributed by atoms with Gasteiger partial charge in [0.15, 0.2) is 0 Å². The molecule has 4 nitrogen and oxygen atoms in total. The molecule has 0 saturated heterocycles. The van der Waals surface area contributed by atoms with Crippen molar-refractivity contribution >= 4 is 28.6 Å². The lowest BCUT2D eigenvalue weighted by atomic mass is 10.1. The largest absolute Gasteiger partial charge is 0.383 e. The van der Waals surface area contributed by atoms with E-state index in [2.05, 4.69) is 39.5 Å². The number of allylic oxidation sites excluding steroid dienone is 4. The first-order valence-corrected chi connectivity index (χ1v) is 6.91. The summed E-state index contributed by atoms with van der Waals surface area (Å²) in [4.78, 5) is 15.7. The van der Waals surface area contributed by atoms with Crippen LogP contribution in [0.4, 0.5) is 0 Å². The highest BCUT2D eigenvalue weighted by atomic mass is 79.9. The summed E-state index contributed by atoms with van der Waals surface area (Å²) in [7, 11) is 1.59. The van der Waals surface area contributed by atoms with Crippen molar-refractivity contribution in [3.63, 3.8) is 0 Å². The van der Waals surface area contributed by atoms with Crippen molar-refractivity contribution in [2.45, 2.75) is 13.8 Å². The molecule has 0 heterocycles. The molecule has 0 aliphatic heterocycles. The van der Waals surface area contributed by atoms with Crippen molar-refractivity contribution in [1.82, 2.24) is 5.32 Å². The van der Waals surface area contributed by atoms with Gasteiger partial charge in [0.25, 0.3) is 0 Å². The summed E-state index contributed by atoms with van der Waals surface area (Å²) in [6.45, 7) is 11.9. The first-order valence-electron chi connectivity index (χ1n) is 6.11. The topological polar surface area (TPSA) is 50.7 Å². The molecule has 0 atom stereocenters.